The second-order valence-electron chi connectivity index (χ2n) is 11.5. The number of aromatic nitrogens is 2. The molecule has 3 aliphatic rings. The van der Waals surface area contributed by atoms with Gasteiger partial charge in [0.05, 0.1) is 34.1 Å². The van der Waals surface area contributed by atoms with E-state index >= 15 is 0 Å². The Labute approximate surface area is 236 Å². The van der Waals surface area contributed by atoms with Crippen molar-refractivity contribution >= 4 is 40.0 Å². The first-order chi connectivity index (χ1) is 19.7. The number of nitrogens with one attached hydrogen (secondary N) is 2. The maximum Gasteiger partial charge on any atom is 0.266 e. The van der Waals surface area contributed by atoms with Crippen LogP contribution in [0.5, 0.6) is 0 Å². The van der Waals surface area contributed by atoms with E-state index in [0.717, 1.165) is 5.56 Å². The number of carbonyl (C=O) groups is 3. The Bertz CT molecular complexity index is 1830. The molecule has 4 heterocycles. The van der Waals surface area contributed by atoms with Crippen LogP contribution >= 0.6 is 0 Å². The molecule has 2 saturated heterocycles. The molecule has 0 aliphatic carbocycles. The zero-order valence-corrected chi connectivity index (χ0v) is 22.9. The topological polar surface area (TPSA) is 113 Å². The summed E-state index contributed by atoms with van der Waals surface area (Å²) in [5, 5.41) is 6.94. The maximum absolute atomic E-state index is 14.5. The molecule has 1 spiro atoms. The predicted octanol–water partition coefficient (Wildman–Crippen LogP) is 3.72. The molecule has 0 radical (unpaired) electrons. The minimum atomic E-state index is -1.17. The van der Waals surface area contributed by atoms with Gasteiger partial charge >= 0.3 is 0 Å². The fourth-order valence-corrected chi connectivity index (χ4v) is 7.08. The molecule has 3 amide bonds. The van der Waals surface area contributed by atoms with Crippen molar-refractivity contribution < 1.29 is 14.4 Å². The van der Waals surface area contributed by atoms with Gasteiger partial charge in [-0.05, 0) is 54.8 Å². The summed E-state index contributed by atoms with van der Waals surface area (Å²) >= 11 is 0. The molecule has 4 atom stereocenters. The summed E-state index contributed by atoms with van der Waals surface area (Å²) in [4.78, 5) is 60.4. The van der Waals surface area contributed by atoms with Gasteiger partial charge in [-0.2, -0.15) is 0 Å². The fourth-order valence-electron chi connectivity index (χ4n) is 7.08. The molecule has 4 aromatic rings. The van der Waals surface area contributed by atoms with Gasteiger partial charge in [-0.3, -0.25) is 29.1 Å². The molecule has 3 aromatic carbocycles. The number of rotatable bonds is 4. The Balaban J connectivity index is 1.45. The summed E-state index contributed by atoms with van der Waals surface area (Å²) in [7, 11) is 0. The van der Waals surface area contributed by atoms with Gasteiger partial charge in [0.25, 0.3) is 5.56 Å². The van der Waals surface area contributed by atoms with Crippen LogP contribution in [0.15, 0.2) is 77.6 Å². The molecule has 1 aromatic heterocycles. The van der Waals surface area contributed by atoms with Crippen LogP contribution in [-0.4, -0.2) is 33.3 Å². The first-order valence-electron chi connectivity index (χ1n) is 13.9. The highest BCUT2D eigenvalue weighted by molar-refractivity contribution is 6.23. The lowest BCUT2D eigenvalue weighted by Gasteiger charge is -2.32. The van der Waals surface area contributed by atoms with Crippen LogP contribution < -0.4 is 21.1 Å². The van der Waals surface area contributed by atoms with Crippen molar-refractivity contribution in [3.63, 3.8) is 0 Å². The molecule has 3 aliphatic heterocycles. The summed E-state index contributed by atoms with van der Waals surface area (Å²) < 4.78 is 1.61. The van der Waals surface area contributed by atoms with Crippen LogP contribution in [0, 0.1) is 17.8 Å². The van der Waals surface area contributed by atoms with Crippen molar-refractivity contribution in [3.8, 4) is 5.69 Å². The van der Waals surface area contributed by atoms with E-state index in [1.807, 2.05) is 36.4 Å². The van der Waals surface area contributed by atoms with E-state index < -0.39 is 17.4 Å². The molecule has 7 rings (SSSR count). The van der Waals surface area contributed by atoms with Gasteiger partial charge in [0.1, 0.15) is 11.4 Å². The summed E-state index contributed by atoms with van der Waals surface area (Å²) in [6, 6.07) is 21.2. The standard InChI is InChI=1S/C32H29N5O4/c1-17(2)16-24-26-27(30(41)36(29(26)40)20-14-12-19(13-15-20)33-18(3)38)32(35-24)22-9-5-7-11-25(22)37-28(39)21-8-4-6-10-23(21)34-31(32)37/h4-15,17,24,26-27,35H,16H2,1-3H3,(H,33,38)/t24-,26+,27+,32+/m0/s1. The van der Waals surface area contributed by atoms with Crippen LogP contribution in [0.4, 0.5) is 11.4 Å². The van der Waals surface area contributed by atoms with E-state index in [1.165, 1.54) is 11.8 Å². The van der Waals surface area contributed by atoms with Crippen molar-refractivity contribution in [2.45, 2.75) is 38.8 Å². The normalized spacial score (nSPS) is 24.3. The van der Waals surface area contributed by atoms with Crippen LogP contribution in [0.1, 0.15) is 38.6 Å². The lowest BCUT2D eigenvalue weighted by atomic mass is 9.75. The number of nitrogens with zero attached hydrogens (tertiary/aromatic N) is 3. The summed E-state index contributed by atoms with van der Waals surface area (Å²) in [5.74, 6) is -1.59. The van der Waals surface area contributed by atoms with Gasteiger partial charge in [0.2, 0.25) is 17.7 Å². The van der Waals surface area contributed by atoms with E-state index in [2.05, 4.69) is 24.5 Å². The number of hydrogen-bond acceptors (Lipinski definition) is 6. The number of anilines is 2. The van der Waals surface area contributed by atoms with Crippen LogP contribution in [0.2, 0.25) is 0 Å². The van der Waals surface area contributed by atoms with Crippen LogP contribution in [-0.2, 0) is 19.9 Å². The van der Waals surface area contributed by atoms with E-state index in [-0.39, 0.29) is 35.2 Å². The summed E-state index contributed by atoms with van der Waals surface area (Å²) in [5.41, 5.74) is 1.63. The zero-order chi connectivity index (χ0) is 28.6. The SMILES string of the molecule is CC(=O)Nc1ccc(N2C(=O)[C@@H]3[C@H](CC(C)C)N[C@]4(c5ccccc5-n5c4nc4ccccc4c5=O)[C@H]3C2=O)cc1. The van der Waals surface area contributed by atoms with E-state index in [4.69, 9.17) is 4.98 Å². The number of amides is 3. The highest BCUT2D eigenvalue weighted by atomic mass is 16.2. The number of imide groups is 1. The molecule has 2 N–H and O–H groups in total. The summed E-state index contributed by atoms with van der Waals surface area (Å²) in [6.07, 6.45) is 0.664. The van der Waals surface area contributed by atoms with Gasteiger partial charge < -0.3 is 5.32 Å². The van der Waals surface area contributed by atoms with Crippen molar-refractivity contribution in [1.82, 2.24) is 14.9 Å². The van der Waals surface area contributed by atoms with Crippen molar-refractivity contribution in [2.24, 2.45) is 17.8 Å². The van der Waals surface area contributed by atoms with Crippen molar-refractivity contribution in [3.05, 3.63) is 94.5 Å². The minimum absolute atomic E-state index is 0.206. The predicted molar refractivity (Wildman–Crippen MR) is 155 cm³/mol. The highest BCUT2D eigenvalue weighted by Crippen LogP contribution is 2.56. The van der Waals surface area contributed by atoms with Crippen LogP contribution in [0.3, 0.4) is 0 Å². The van der Waals surface area contributed by atoms with Gasteiger partial charge in [-0.1, -0.05) is 44.2 Å². The lowest BCUT2D eigenvalue weighted by molar-refractivity contribution is -0.123. The second kappa shape index (κ2) is 8.94. The number of carbonyl (C=O) groups excluding carboxylic acids is 3. The largest absolute Gasteiger partial charge is 0.326 e. The molecule has 9 nitrogen and oxygen atoms in total. The molecule has 0 saturated carbocycles. The number of benzene rings is 3. The second-order valence-corrected chi connectivity index (χ2v) is 11.5. The van der Waals surface area contributed by atoms with E-state index in [9.17, 15) is 19.2 Å². The number of hydrogen-bond donors (Lipinski definition) is 2. The van der Waals surface area contributed by atoms with Crippen LogP contribution in [0.25, 0.3) is 16.6 Å². The quantitative estimate of drug-likeness (QED) is 0.377. The molecule has 0 bridgehead atoms. The van der Waals surface area contributed by atoms with Crippen molar-refractivity contribution in [1.29, 1.82) is 0 Å². The third-order valence-corrected chi connectivity index (χ3v) is 8.53. The molecule has 206 valence electrons. The third-order valence-electron chi connectivity index (χ3n) is 8.53. The number of para-hydroxylation sites is 2. The molecule has 9 heteroatoms. The fraction of sp³-hybridized carbons (Fsp3) is 0.281. The molecule has 2 fully saturated rings. The Morgan fingerprint density at radius 1 is 0.976 bits per heavy atom. The maximum atomic E-state index is 14.5. The average molecular weight is 548 g/mol. The molecular formula is C32H29N5O4. The van der Waals surface area contributed by atoms with Gasteiger partial charge in [-0.15, -0.1) is 0 Å². The van der Waals surface area contributed by atoms with E-state index in [1.54, 1.807) is 41.0 Å². The Morgan fingerprint density at radius 3 is 2.41 bits per heavy atom. The van der Waals surface area contributed by atoms with E-state index in [0.29, 0.717) is 40.2 Å². The first-order valence-corrected chi connectivity index (χ1v) is 13.9. The number of fused-ring (bicyclic) bond motifs is 8. The Hall–Kier alpha value is -4.63. The summed E-state index contributed by atoms with van der Waals surface area (Å²) in [6.45, 7) is 5.60. The lowest BCUT2D eigenvalue weighted by Crippen LogP contribution is -2.50. The monoisotopic (exact) mass is 547 g/mol. The van der Waals surface area contributed by atoms with Gasteiger partial charge in [0, 0.05) is 24.2 Å². The average Bonchev–Trinajstić information content (AvgIpc) is 3.52. The molecule has 0 unspecified atom stereocenters. The van der Waals surface area contributed by atoms with Gasteiger partial charge in [0.15, 0.2) is 0 Å². The minimum Gasteiger partial charge on any atom is -0.326 e. The van der Waals surface area contributed by atoms with Crippen molar-refractivity contribution in [2.75, 3.05) is 10.2 Å². The Morgan fingerprint density at radius 2 is 1.68 bits per heavy atom. The zero-order valence-electron chi connectivity index (χ0n) is 22.9. The highest BCUT2D eigenvalue weighted by Gasteiger charge is 2.69. The smallest absolute Gasteiger partial charge is 0.266 e. The molecular weight excluding hydrogens is 518 g/mol. The Kier molecular flexibility index (Phi) is 5.53. The first kappa shape index (κ1) is 25.3. The third kappa shape index (κ3) is 3.48. The molecule has 41 heavy (non-hydrogen) atoms. The van der Waals surface area contributed by atoms with Gasteiger partial charge in [-0.25, -0.2) is 9.88 Å².